The van der Waals surface area contributed by atoms with E-state index in [1.54, 1.807) is 50.4 Å². The highest BCUT2D eigenvalue weighted by Gasteiger charge is 2.06. The second-order valence-corrected chi connectivity index (χ2v) is 6.08. The van der Waals surface area contributed by atoms with Crippen LogP contribution in [0.15, 0.2) is 53.6 Å². The number of rotatable bonds is 7. The maximum atomic E-state index is 12.0. The van der Waals surface area contributed by atoms with Gasteiger partial charge in [-0.1, -0.05) is 23.7 Å². The van der Waals surface area contributed by atoms with Gasteiger partial charge in [0.25, 0.3) is 0 Å². The summed E-state index contributed by atoms with van der Waals surface area (Å²) >= 11 is 5.80. The minimum atomic E-state index is -0.257. The lowest BCUT2D eigenvalue weighted by molar-refractivity contribution is -0.120. The molecule has 0 heterocycles. The largest absolute Gasteiger partial charge is 0.497 e. The normalized spacial score (nSPS) is 11.0. The van der Waals surface area contributed by atoms with Crippen molar-refractivity contribution in [3.8, 4) is 5.75 Å². The van der Waals surface area contributed by atoms with E-state index in [-0.39, 0.29) is 24.7 Å². The fraction of sp³-hybridized carbons (Fsp3) is 0.211. The van der Waals surface area contributed by atoms with Crippen molar-refractivity contribution in [2.45, 2.75) is 19.8 Å². The molecule has 0 aromatic heterocycles. The number of nitrogens with zero attached hydrogens (tertiary/aromatic N) is 1. The molecule has 6 nitrogen and oxygen atoms in total. The highest BCUT2D eigenvalue weighted by molar-refractivity contribution is 6.30. The lowest BCUT2D eigenvalue weighted by Gasteiger charge is -2.06. The van der Waals surface area contributed by atoms with Gasteiger partial charge in [0.15, 0.2) is 0 Å². The number of carbonyl (C=O) groups is 2. The quantitative estimate of drug-likeness (QED) is 0.576. The van der Waals surface area contributed by atoms with Crippen LogP contribution in [-0.2, 0) is 16.0 Å². The van der Waals surface area contributed by atoms with Crippen LogP contribution in [0.4, 0.5) is 5.69 Å². The van der Waals surface area contributed by atoms with E-state index in [4.69, 9.17) is 16.3 Å². The van der Waals surface area contributed by atoms with Crippen LogP contribution in [0.2, 0.25) is 5.02 Å². The summed E-state index contributed by atoms with van der Waals surface area (Å²) in [6.45, 7) is 1.68. The van der Waals surface area contributed by atoms with Gasteiger partial charge in [-0.2, -0.15) is 5.10 Å². The Morgan fingerprint density at radius 1 is 1.04 bits per heavy atom. The molecular formula is C19H20ClN3O3. The molecule has 2 aromatic carbocycles. The Bertz CT molecular complexity index is 787. The molecule has 2 aromatic rings. The van der Waals surface area contributed by atoms with E-state index < -0.39 is 0 Å². The van der Waals surface area contributed by atoms with E-state index in [0.717, 1.165) is 11.3 Å². The second-order valence-electron chi connectivity index (χ2n) is 5.64. The van der Waals surface area contributed by atoms with E-state index >= 15 is 0 Å². The first-order valence-corrected chi connectivity index (χ1v) is 8.34. The molecule has 7 heteroatoms. The molecule has 0 unspecified atom stereocenters. The minimum absolute atomic E-state index is 0.0748. The van der Waals surface area contributed by atoms with Crippen LogP contribution in [0.5, 0.6) is 5.75 Å². The van der Waals surface area contributed by atoms with Crippen molar-refractivity contribution in [1.82, 2.24) is 5.43 Å². The van der Waals surface area contributed by atoms with Gasteiger partial charge in [0.05, 0.1) is 20.0 Å². The Hall–Kier alpha value is -2.86. The van der Waals surface area contributed by atoms with E-state index in [1.807, 2.05) is 12.1 Å². The lowest BCUT2D eigenvalue weighted by atomic mass is 10.1. The van der Waals surface area contributed by atoms with Crippen LogP contribution in [0.25, 0.3) is 0 Å². The maximum absolute atomic E-state index is 12.0. The van der Waals surface area contributed by atoms with E-state index in [2.05, 4.69) is 15.8 Å². The fourth-order valence-corrected chi connectivity index (χ4v) is 2.26. The smallest absolute Gasteiger partial charge is 0.244 e. The average molecular weight is 374 g/mol. The van der Waals surface area contributed by atoms with Crippen LogP contribution in [0.1, 0.15) is 18.9 Å². The summed E-state index contributed by atoms with van der Waals surface area (Å²) in [4.78, 5) is 23.9. The zero-order valence-electron chi connectivity index (χ0n) is 14.6. The summed E-state index contributed by atoms with van der Waals surface area (Å²) in [6, 6.07) is 14.0. The Labute approximate surface area is 157 Å². The van der Waals surface area contributed by atoms with Crippen molar-refractivity contribution in [3.63, 3.8) is 0 Å². The molecule has 0 radical (unpaired) electrons. The average Bonchev–Trinajstić information content (AvgIpc) is 2.62. The number of carbonyl (C=O) groups excluding carboxylic acids is 2. The lowest BCUT2D eigenvalue weighted by Crippen LogP contribution is -2.22. The van der Waals surface area contributed by atoms with E-state index in [1.165, 1.54) is 0 Å². The molecule has 0 bridgehead atoms. The summed E-state index contributed by atoms with van der Waals surface area (Å²) in [5, 5.41) is 7.29. The molecule has 0 aliphatic rings. The predicted molar refractivity (Wildman–Crippen MR) is 103 cm³/mol. The first-order valence-electron chi connectivity index (χ1n) is 7.96. The highest BCUT2D eigenvalue weighted by Crippen LogP contribution is 2.13. The molecule has 2 rings (SSSR count). The molecule has 0 spiro atoms. The van der Waals surface area contributed by atoms with Gasteiger partial charge in [-0.05, 0) is 48.9 Å². The first-order chi connectivity index (χ1) is 12.5. The molecule has 0 fully saturated rings. The Morgan fingerprint density at radius 2 is 1.69 bits per heavy atom. The predicted octanol–water partition coefficient (Wildman–Crippen LogP) is 3.41. The Balaban J connectivity index is 1.79. The Kier molecular flexibility index (Phi) is 7.17. The van der Waals surface area contributed by atoms with Gasteiger partial charge in [0.1, 0.15) is 5.75 Å². The van der Waals surface area contributed by atoms with Crippen molar-refractivity contribution >= 4 is 34.8 Å². The fourth-order valence-electron chi connectivity index (χ4n) is 2.14. The number of halogens is 1. The van der Waals surface area contributed by atoms with Crippen molar-refractivity contribution in [2.24, 2.45) is 5.10 Å². The molecule has 2 N–H and O–H groups in total. The molecule has 0 aliphatic carbocycles. The van der Waals surface area contributed by atoms with Crippen LogP contribution < -0.4 is 15.5 Å². The zero-order chi connectivity index (χ0) is 18.9. The maximum Gasteiger partial charge on any atom is 0.244 e. The number of hydrogen-bond acceptors (Lipinski definition) is 4. The highest BCUT2D eigenvalue weighted by atomic mass is 35.5. The number of ether oxygens (including phenoxy) is 1. The third kappa shape index (κ3) is 6.57. The number of amides is 2. The van der Waals surface area contributed by atoms with Crippen LogP contribution in [0.3, 0.4) is 0 Å². The molecule has 2 amide bonds. The van der Waals surface area contributed by atoms with Gasteiger partial charge in [0.2, 0.25) is 11.8 Å². The SMILES string of the molecule is COc1ccc(CC(=O)N/N=C(\C)CC(=O)Nc2ccc(Cl)cc2)cc1. The molecule has 0 atom stereocenters. The van der Waals surface area contributed by atoms with Gasteiger partial charge < -0.3 is 10.1 Å². The summed E-state index contributed by atoms with van der Waals surface area (Å²) in [5.41, 5.74) is 4.45. The molecular weight excluding hydrogens is 354 g/mol. The van der Waals surface area contributed by atoms with Crippen molar-refractivity contribution in [3.05, 3.63) is 59.1 Å². The van der Waals surface area contributed by atoms with E-state index in [0.29, 0.717) is 16.4 Å². The molecule has 0 aliphatic heterocycles. The van der Waals surface area contributed by atoms with Gasteiger partial charge in [0, 0.05) is 16.4 Å². The molecule has 0 saturated heterocycles. The van der Waals surface area contributed by atoms with Gasteiger partial charge in [-0.15, -0.1) is 0 Å². The number of hydrazone groups is 1. The number of hydrogen-bond donors (Lipinski definition) is 2. The third-order valence-corrected chi connectivity index (χ3v) is 3.69. The summed E-state index contributed by atoms with van der Waals surface area (Å²) in [7, 11) is 1.59. The van der Waals surface area contributed by atoms with E-state index in [9.17, 15) is 9.59 Å². The number of nitrogens with one attached hydrogen (secondary N) is 2. The molecule has 136 valence electrons. The summed E-state index contributed by atoms with van der Waals surface area (Å²) in [5.74, 6) is 0.250. The van der Waals surface area contributed by atoms with Gasteiger partial charge in [-0.3, -0.25) is 9.59 Å². The third-order valence-electron chi connectivity index (χ3n) is 3.44. The van der Waals surface area contributed by atoms with Crippen LogP contribution in [0, 0.1) is 0 Å². The number of benzene rings is 2. The van der Waals surface area contributed by atoms with Crippen LogP contribution in [-0.4, -0.2) is 24.6 Å². The summed E-state index contributed by atoms with van der Waals surface area (Å²) in [6.07, 6.45) is 0.267. The van der Waals surface area contributed by atoms with Gasteiger partial charge in [-0.25, -0.2) is 5.43 Å². The second kappa shape index (κ2) is 9.58. The van der Waals surface area contributed by atoms with Crippen molar-refractivity contribution in [2.75, 3.05) is 12.4 Å². The summed E-state index contributed by atoms with van der Waals surface area (Å²) < 4.78 is 5.07. The zero-order valence-corrected chi connectivity index (χ0v) is 15.3. The van der Waals surface area contributed by atoms with Crippen molar-refractivity contribution in [1.29, 1.82) is 0 Å². The van der Waals surface area contributed by atoms with Crippen molar-refractivity contribution < 1.29 is 14.3 Å². The van der Waals surface area contributed by atoms with Crippen LogP contribution >= 0.6 is 11.6 Å². The molecule has 0 saturated carbocycles. The first kappa shape index (κ1) is 19.5. The molecule has 26 heavy (non-hydrogen) atoms. The monoisotopic (exact) mass is 373 g/mol. The standard InChI is InChI=1S/C19H20ClN3O3/c1-13(11-18(24)21-16-7-5-15(20)6-8-16)22-23-19(25)12-14-3-9-17(26-2)10-4-14/h3-10H,11-12H2,1-2H3,(H,21,24)(H,23,25)/b22-13+. The number of anilines is 1. The number of methoxy groups -OCH3 is 1. The van der Waals surface area contributed by atoms with Gasteiger partial charge >= 0.3 is 0 Å². The Morgan fingerprint density at radius 3 is 2.31 bits per heavy atom. The minimum Gasteiger partial charge on any atom is -0.497 e. The topological polar surface area (TPSA) is 79.8 Å².